The van der Waals surface area contributed by atoms with Crippen LogP contribution in [0.3, 0.4) is 0 Å². The van der Waals surface area contributed by atoms with Gasteiger partial charge in [-0.1, -0.05) is 32.0 Å². The molecule has 2 aromatic rings. The third kappa shape index (κ3) is 6.13. The van der Waals surface area contributed by atoms with E-state index >= 15 is 0 Å². The monoisotopic (exact) mass is 417 g/mol. The lowest BCUT2D eigenvalue weighted by Gasteiger charge is -2.21. The fourth-order valence-electron chi connectivity index (χ4n) is 2.83. The predicted molar refractivity (Wildman–Crippen MR) is 113 cm³/mol. The fraction of sp³-hybridized carbons (Fsp3) is 0.333. The van der Waals surface area contributed by atoms with Crippen molar-refractivity contribution < 1.29 is 18.0 Å². The Balaban J connectivity index is 2.14. The SMILES string of the molecule is CNS(=O)(=O)c1ccc(NC(=O)[C@@H](CC(C)C)NC(=O)c2ccccc2C)cc1. The molecule has 2 aromatic carbocycles. The second-order valence-corrected chi connectivity index (χ2v) is 9.08. The first kappa shape index (κ1) is 22.6. The average molecular weight is 418 g/mol. The number of carbonyl (C=O) groups is 2. The van der Waals surface area contributed by atoms with Gasteiger partial charge in [0.25, 0.3) is 5.91 Å². The molecule has 7 nitrogen and oxygen atoms in total. The summed E-state index contributed by atoms with van der Waals surface area (Å²) in [6.07, 6.45) is 0.468. The highest BCUT2D eigenvalue weighted by Crippen LogP contribution is 2.16. The van der Waals surface area contributed by atoms with E-state index in [0.29, 0.717) is 17.7 Å². The second-order valence-electron chi connectivity index (χ2n) is 7.19. The Kier molecular flexibility index (Phi) is 7.53. The number of sulfonamides is 1. The van der Waals surface area contributed by atoms with Gasteiger partial charge in [-0.2, -0.15) is 0 Å². The van der Waals surface area contributed by atoms with E-state index in [1.165, 1.54) is 31.3 Å². The normalized spacial score (nSPS) is 12.4. The Labute approximate surface area is 172 Å². The van der Waals surface area contributed by atoms with E-state index in [0.717, 1.165) is 5.56 Å². The third-order valence-electron chi connectivity index (χ3n) is 4.42. The zero-order chi connectivity index (χ0) is 21.6. The van der Waals surface area contributed by atoms with Gasteiger partial charge >= 0.3 is 0 Å². The first-order valence-corrected chi connectivity index (χ1v) is 10.8. The van der Waals surface area contributed by atoms with E-state index < -0.39 is 16.1 Å². The van der Waals surface area contributed by atoms with E-state index in [9.17, 15) is 18.0 Å². The van der Waals surface area contributed by atoms with Crippen LogP contribution in [-0.4, -0.2) is 33.3 Å². The third-order valence-corrected chi connectivity index (χ3v) is 5.85. The number of rotatable bonds is 8. The molecule has 2 rings (SSSR count). The largest absolute Gasteiger partial charge is 0.340 e. The van der Waals surface area contributed by atoms with Gasteiger partial charge in [-0.05, 0) is 62.2 Å². The molecule has 0 aliphatic carbocycles. The number of anilines is 1. The summed E-state index contributed by atoms with van der Waals surface area (Å²) in [7, 11) is -2.21. The molecule has 0 bridgehead atoms. The molecule has 0 heterocycles. The van der Waals surface area contributed by atoms with Gasteiger partial charge in [-0.15, -0.1) is 0 Å². The highest BCUT2D eigenvalue weighted by atomic mass is 32.2. The molecule has 156 valence electrons. The van der Waals surface area contributed by atoms with Crippen LogP contribution >= 0.6 is 0 Å². The molecule has 0 radical (unpaired) electrons. The molecule has 0 spiro atoms. The van der Waals surface area contributed by atoms with Gasteiger partial charge in [0.2, 0.25) is 15.9 Å². The number of aryl methyl sites for hydroxylation is 1. The first-order chi connectivity index (χ1) is 13.6. The van der Waals surface area contributed by atoms with Crippen molar-refractivity contribution in [3.05, 3.63) is 59.7 Å². The molecule has 0 unspecified atom stereocenters. The topological polar surface area (TPSA) is 104 Å². The highest BCUT2D eigenvalue weighted by Gasteiger charge is 2.23. The molecule has 8 heteroatoms. The van der Waals surface area contributed by atoms with Crippen molar-refractivity contribution in [1.29, 1.82) is 0 Å². The predicted octanol–water partition coefficient (Wildman–Crippen LogP) is 2.69. The molecule has 0 aliphatic heterocycles. The van der Waals surface area contributed by atoms with Gasteiger partial charge in [0.05, 0.1) is 4.90 Å². The molecule has 29 heavy (non-hydrogen) atoms. The molecule has 0 saturated heterocycles. The van der Waals surface area contributed by atoms with Gasteiger partial charge in [-0.3, -0.25) is 9.59 Å². The van der Waals surface area contributed by atoms with Crippen molar-refractivity contribution in [1.82, 2.24) is 10.0 Å². The molecule has 0 aliphatic rings. The minimum Gasteiger partial charge on any atom is -0.340 e. The minimum absolute atomic E-state index is 0.101. The van der Waals surface area contributed by atoms with Crippen molar-refractivity contribution in [3.63, 3.8) is 0 Å². The summed E-state index contributed by atoms with van der Waals surface area (Å²) in [5, 5.41) is 5.56. The Morgan fingerprint density at radius 3 is 2.17 bits per heavy atom. The molecule has 0 fully saturated rings. The lowest BCUT2D eigenvalue weighted by Crippen LogP contribution is -2.44. The van der Waals surface area contributed by atoms with Gasteiger partial charge in [0.1, 0.15) is 6.04 Å². The van der Waals surface area contributed by atoms with E-state index in [1.807, 2.05) is 32.9 Å². The van der Waals surface area contributed by atoms with E-state index in [2.05, 4.69) is 15.4 Å². The van der Waals surface area contributed by atoms with Crippen molar-refractivity contribution in [2.75, 3.05) is 12.4 Å². The molecular weight excluding hydrogens is 390 g/mol. The highest BCUT2D eigenvalue weighted by molar-refractivity contribution is 7.89. The molecule has 2 amide bonds. The van der Waals surface area contributed by atoms with Crippen LogP contribution < -0.4 is 15.4 Å². The van der Waals surface area contributed by atoms with Crippen LogP contribution in [0.15, 0.2) is 53.4 Å². The van der Waals surface area contributed by atoms with Crippen LogP contribution in [0.1, 0.15) is 36.2 Å². The van der Waals surface area contributed by atoms with Gasteiger partial charge in [0.15, 0.2) is 0 Å². The van der Waals surface area contributed by atoms with Gasteiger partial charge in [-0.25, -0.2) is 13.1 Å². The summed E-state index contributed by atoms with van der Waals surface area (Å²) in [6, 6.07) is 12.3. The summed E-state index contributed by atoms with van der Waals surface area (Å²) < 4.78 is 25.8. The van der Waals surface area contributed by atoms with E-state index in [1.54, 1.807) is 12.1 Å². The zero-order valence-corrected chi connectivity index (χ0v) is 17.8. The van der Waals surface area contributed by atoms with Crippen molar-refractivity contribution in [2.45, 2.75) is 38.1 Å². The van der Waals surface area contributed by atoms with Crippen molar-refractivity contribution >= 4 is 27.5 Å². The van der Waals surface area contributed by atoms with Gasteiger partial charge in [0, 0.05) is 11.3 Å². The molecule has 3 N–H and O–H groups in total. The smallest absolute Gasteiger partial charge is 0.252 e. The maximum absolute atomic E-state index is 12.8. The quantitative estimate of drug-likeness (QED) is 0.614. The average Bonchev–Trinajstić information content (AvgIpc) is 2.67. The second kappa shape index (κ2) is 9.67. The van der Waals surface area contributed by atoms with Gasteiger partial charge < -0.3 is 10.6 Å². The zero-order valence-electron chi connectivity index (χ0n) is 17.0. The number of hydrogen-bond donors (Lipinski definition) is 3. The summed E-state index contributed by atoms with van der Waals surface area (Å²) in [5.74, 6) is -0.477. The Hall–Kier alpha value is -2.71. The Morgan fingerprint density at radius 1 is 1.00 bits per heavy atom. The lowest BCUT2D eigenvalue weighted by atomic mass is 10.0. The van der Waals surface area contributed by atoms with Crippen LogP contribution in [0.5, 0.6) is 0 Å². The van der Waals surface area contributed by atoms with E-state index in [-0.39, 0.29) is 22.6 Å². The van der Waals surface area contributed by atoms with Crippen molar-refractivity contribution in [2.24, 2.45) is 5.92 Å². The number of nitrogens with one attached hydrogen (secondary N) is 3. The van der Waals surface area contributed by atoms with Crippen LogP contribution in [0, 0.1) is 12.8 Å². The fourth-order valence-corrected chi connectivity index (χ4v) is 3.56. The Bertz CT molecular complexity index is 970. The van der Waals surface area contributed by atoms with Crippen LogP contribution in [0.25, 0.3) is 0 Å². The first-order valence-electron chi connectivity index (χ1n) is 9.35. The maximum atomic E-state index is 12.8. The van der Waals surface area contributed by atoms with Crippen LogP contribution in [0.4, 0.5) is 5.69 Å². The standard InChI is InChI=1S/C21H27N3O4S/c1-14(2)13-19(24-20(25)18-8-6-5-7-15(18)3)21(26)23-16-9-11-17(12-10-16)29(27,28)22-4/h5-12,14,19,22H,13H2,1-4H3,(H,23,26)(H,24,25)/t19-/m1/s1. The number of carbonyl (C=O) groups excluding carboxylic acids is 2. The Morgan fingerprint density at radius 2 is 1.62 bits per heavy atom. The number of benzene rings is 2. The number of amides is 2. The van der Waals surface area contributed by atoms with Crippen LogP contribution in [-0.2, 0) is 14.8 Å². The summed E-state index contributed by atoms with van der Waals surface area (Å²) >= 11 is 0. The lowest BCUT2D eigenvalue weighted by molar-refractivity contribution is -0.118. The maximum Gasteiger partial charge on any atom is 0.252 e. The minimum atomic E-state index is -3.55. The van der Waals surface area contributed by atoms with Crippen molar-refractivity contribution in [3.8, 4) is 0 Å². The molecule has 1 atom stereocenters. The molecule has 0 aromatic heterocycles. The summed E-state index contributed by atoms with van der Waals surface area (Å²) in [4.78, 5) is 25.5. The summed E-state index contributed by atoms with van der Waals surface area (Å²) in [5.41, 5.74) is 1.80. The molecule has 0 saturated carbocycles. The molecular formula is C21H27N3O4S. The van der Waals surface area contributed by atoms with E-state index in [4.69, 9.17) is 0 Å². The summed E-state index contributed by atoms with van der Waals surface area (Å²) in [6.45, 7) is 5.78. The number of hydrogen-bond acceptors (Lipinski definition) is 4. The van der Waals surface area contributed by atoms with Crippen LogP contribution in [0.2, 0.25) is 0 Å².